The molecule has 0 amide bonds. The summed E-state index contributed by atoms with van der Waals surface area (Å²) in [6, 6.07) is 3.79. The van der Waals surface area contributed by atoms with Gasteiger partial charge < -0.3 is 4.57 Å². The molecule has 2 aromatic heterocycles. The molecule has 0 aliphatic heterocycles. The summed E-state index contributed by atoms with van der Waals surface area (Å²) in [5.74, 6) is 0.826. The molecule has 0 atom stereocenters. The first kappa shape index (κ1) is 8.12. The zero-order valence-corrected chi connectivity index (χ0v) is 7.88. The number of nitrogens with one attached hydrogen (secondary N) is 1. The maximum Gasteiger partial charge on any atom is 0.195 e. The lowest BCUT2D eigenvalue weighted by Crippen LogP contribution is -1.92. The molecule has 5 heteroatoms. The Bertz CT molecular complexity index is 456. The molecule has 0 fully saturated rings. The molecule has 0 aliphatic carbocycles. The minimum atomic E-state index is 0.617. The van der Waals surface area contributed by atoms with E-state index in [4.69, 9.17) is 12.2 Å². The van der Waals surface area contributed by atoms with E-state index in [0.717, 1.165) is 11.4 Å². The Balaban J connectivity index is 2.60. The Morgan fingerprint density at radius 2 is 2.15 bits per heavy atom. The molecule has 4 nitrogen and oxygen atoms in total. The average molecular weight is 194 g/mol. The highest BCUT2D eigenvalue weighted by molar-refractivity contribution is 7.71. The number of nitrogens with zero attached hydrogens (tertiary/aromatic N) is 3. The summed E-state index contributed by atoms with van der Waals surface area (Å²) in [5, 5.41) is 6.83. The van der Waals surface area contributed by atoms with Gasteiger partial charge in [0, 0.05) is 25.0 Å². The molecule has 0 unspecified atom stereocenters. The topological polar surface area (TPSA) is 46.5 Å². The molecular formula is C8H8N4S. The van der Waals surface area contributed by atoms with Crippen LogP contribution in [0.5, 0.6) is 0 Å². The van der Waals surface area contributed by atoms with Crippen molar-refractivity contribution in [3.63, 3.8) is 0 Å². The molecular weight excluding hydrogens is 186 g/mol. The molecule has 0 saturated carbocycles. The predicted octanol–water partition coefficient (Wildman–Crippen LogP) is 1.54. The third kappa shape index (κ3) is 1.38. The summed E-state index contributed by atoms with van der Waals surface area (Å²) < 4.78 is 2.44. The lowest BCUT2D eigenvalue weighted by molar-refractivity contribution is 0.901. The molecule has 2 heterocycles. The first-order valence-corrected chi connectivity index (χ1v) is 4.21. The average Bonchev–Trinajstić information content (AvgIpc) is 2.49. The molecule has 0 aliphatic rings. The third-order valence-electron chi connectivity index (χ3n) is 1.82. The molecule has 0 aromatic carbocycles. The van der Waals surface area contributed by atoms with Crippen LogP contribution >= 0.6 is 12.2 Å². The normalized spacial score (nSPS) is 10.2. The van der Waals surface area contributed by atoms with Gasteiger partial charge >= 0.3 is 0 Å². The highest BCUT2D eigenvalue weighted by Gasteiger charge is 2.03. The molecule has 1 N–H and O–H groups in total. The highest BCUT2D eigenvalue weighted by Crippen LogP contribution is 2.13. The molecule has 0 saturated heterocycles. The molecule has 2 aromatic rings. The second kappa shape index (κ2) is 3.10. The molecule has 2 rings (SSSR count). The Morgan fingerprint density at radius 1 is 1.46 bits per heavy atom. The van der Waals surface area contributed by atoms with E-state index in [1.54, 1.807) is 12.4 Å². The number of pyridine rings is 1. The van der Waals surface area contributed by atoms with E-state index >= 15 is 0 Å². The minimum Gasteiger partial charge on any atom is -0.303 e. The largest absolute Gasteiger partial charge is 0.303 e. The van der Waals surface area contributed by atoms with Gasteiger partial charge in [-0.1, -0.05) is 0 Å². The van der Waals surface area contributed by atoms with Crippen LogP contribution in [0, 0.1) is 4.77 Å². The maximum absolute atomic E-state index is 5.00. The fourth-order valence-electron chi connectivity index (χ4n) is 1.11. The van der Waals surface area contributed by atoms with Gasteiger partial charge in [-0.3, -0.25) is 10.1 Å². The number of aromatic nitrogens is 4. The van der Waals surface area contributed by atoms with Gasteiger partial charge in [-0.15, -0.1) is 0 Å². The zero-order chi connectivity index (χ0) is 9.26. The van der Waals surface area contributed by atoms with Crippen LogP contribution in [0.15, 0.2) is 24.5 Å². The summed E-state index contributed by atoms with van der Waals surface area (Å²) in [4.78, 5) is 3.93. The van der Waals surface area contributed by atoms with E-state index in [9.17, 15) is 0 Å². The van der Waals surface area contributed by atoms with Crippen molar-refractivity contribution in [1.82, 2.24) is 19.7 Å². The minimum absolute atomic E-state index is 0.617. The summed E-state index contributed by atoms with van der Waals surface area (Å²) >= 11 is 5.00. The van der Waals surface area contributed by atoms with Crippen LogP contribution in [0.3, 0.4) is 0 Å². The zero-order valence-electron chi connectivity index (χ0n) is 7.06. The second-order valence-electron chi connectivity index (χ2n) is 2.65. The van der Waals surface area contributed by atoms with Gasteiger partial charge in [0.2, 0.25) is 0 Å². The van der Waals surface area contributed by atoms with E-state index in [1.807, 2.05) is 23.7 Å². The summed E-state index contributed by atoms with van der Waals surface area (Å²) in [7, 11) is 1.88. The Labute approximate surface area is 80.3 Å². The van der Waals surface area contributed by atoms with E-state index in [2.05, 4.69) is 15.2 Å². The second-order valence-corrected chi connectivity index (χ2v) is 3.03. The van der Waals surface area contributed by atoms with Crippen LogP contribution in [0.2, 0.25) is 0 Å². The molecule has 13 heavy (non-hydrogen) atoms. The quantitative estimate of drug-likeness (QED) is 0.700. The molecule has 0 radical (unpaired) electrons. The number of aromatic amines is 1. The summed E-state index contributed by atoms with van der Waals surface area (Å²) in [6.45, 7) is 0. The number of H-pyrrole nitrogens is 1. The van der Waals surface area contributed by atoms with E-state index in [-0.39, 0.29) is 0 Å². The molecule has 0 spiro atoms. The van der Waals surface area contributed by atoms with Crippen molar-refractivity contribution in [1.29, 1.82) is 0 Å². The SMILES string of the molecule is Cn1c(-c2ccncc2)n[nH][14c]1=S. The van der Waals surface area contributed by atoms with Crippen LogP contribution in [0.25, 0.3) is 11.4 Å². The Morgan fingerprint density at radius 3 is 2.69 bits per heavy atom. The van der Waals surface area contributed by atoms with Crippen LogP contribution in [-0.4, -0.2) is 19.7 Å². The Kier molecular flexibility index (Phi) is 1.94. The summed E-state index contributed by atoms with van der Waals surface area (Å²) in [6.07, 6.45) is 3.46. The fourth-order valence-corrected chi connectivity index (χ4v) is 1.24. The van der Waals surface area contributed by atoms with E-state index < -0.39 is 0 Å². The molecule has 66 valence electrons. The van der Waals surface area contributed by atoms with Gasteiger partial charge in [0.1, 0.15) is 0 Å². The van der Waals surface area contributed by atoms with Gasteiger partial charge in [-0.25, -0.2) is 0 Å². The van der Waals surface area contributed by atoms with Crippen molar-refractivity contribution in [3.05, 3.63) is 29.3 Å². The van der Waals surface area contributed by atoms with Crippen LogP contribution in [-0.2, 0) is 7.05 Å². The monoisotopic (exact) mass is 194 g/mol. The van der Waals surface area contributed by atoms with Crippen molar-refractivity contribution in [2.45, 2.75) is 0 Å². The Hall–Kier alpha value is -1.49. The predicted molar refractivity (Wildman–Crippen MR) is 51.6 cm³/mol. The van der Waals surface area contributed by atoms with E-state index in [0.29, 0.717) is 4.77 Å². The number of hydrogen-bond donors (Lipinski definition) is 1. The first-order valence-electron chi connectivity index (χ1n) is 3.81. The highest BCUT2D eigenvalue weighted by atomic mass is 32.1. The smallest absolute Gasteiger partial charge is 0.195 e. The fraction of sp³-hybridized carbons (Fsp3) is 0.125. The lowest BCUT2D eigenvalue weighted by Gasteiger charge is -1.97. The first-order chi connectivity index (χ1) is 6.29. The standard InChI is InChI=1S/C8H8N4S/c1-12-7(10-11-8(12)13)6-2-4-9-5-3-6/h2-5H,1H3,(H,11,13)/i8+2. The van der Waals surface area contributed by atoms with Gasteiger partial charge in [-0.05, 0) is 24.4 Å². The van der Waals surface area contributed by atoms with Crippen LogP contribution < -0.4 is 0 Å². The maximum atomic E-state index is 5.00. The summed E-state index contributed by atoms with van der Waals surface area (Å²) in [5.41, 5.74) is 1.00. The van der Waals surface area contributed by atoms with Crippen molar-refractivity contribution in [3.8, 4) is 11.4 Å². The van der Waals surface area contributed by atoms with Crippen molar-refractivity contribution >= 4 is 12.2 Å². The van der Waals surface area contributed by atoms with Gasteiger partial charge in [0.25, 0.3) is 0 Å². The van der Waals surface area contributed by atoms with Crippen LogP contribution in [0.4, 0.5) is 0 Å². The van der Waals surface area contributed by atoms with Gasteiger partial charge in [-0.2, -0.15) is 5.10 Å². The van der Waals surface area contributed by atoms with Crippen molar-refractivity contribution in [2.24, 2.45) is 7.05 Å². The van der Waals surface area contributed by atoms with Gasteiger partial charge in [0.05, 0.1) is 0 Å². The van der Waals surface area contributed by atoms with E-state index in [1.165, 1.54) is 0 Å². The molecule has 0 bridgehead atoms. The third-order valence-corrected chi connectivity index (χ3v) is 2.18. The lowest BCUT2D eigenvalue weighted by atomic mass is 10.2. The number of hydrogen-bond acceptors (Lipinski definition) is 3. The van der Waals surface area contributed by atoms with Crippen molar-refractivity contribution < 1.29 is 0 Å². The van der Waals surface area contributed by atoms with Gasteiger partial charge in [0.15, 0.2) is 10.6 Å². The number of rotatable bonds is 1. The van der Waals surface area contributed by atoms with Crippen molar-refractivity contribution in [2.75, 3.05) is 0 Å². The van der Waals surface area contributed by atoms with Crippen LogP contribution in [0.1, 0.15) is 0 Å².